The maximum atomic E-state index is 12.9. The summed E-state index contributed by atoms with van der Waals surface area (Å²) < 4.78 is 6.28. The first kappa shape index (κ1) is 18.2. The van der Waals surface area contributed by atoms with Crippen LogP contribution in [0.2, 0.25) is 0 Å². The Labute approximate surface area is 156 Å². The fourth-order valence-electron chi connectivity index (χ4n) is 2.69. The third-order valence-corrected chi connectivity index (χ3v) is 5.29. The number of para-hydroxylation sites is 1. The van der Waals surface area contributed by atoms with E-state index in [1.54, 1.807) is 10.6 Å². The minimum absolute atomic E-state index is 0.119. The largest absolute Gasteiger partial charge is 0.469 e. The van der Waals surface area contributed by atoms with E-state index in [1.807, 2.05) is 36.4 Å². The summed E-state index contributed by atoms with van der Waals surface area (Å²) in [5.41, 5.74) is 1.68. The quantitative estimate of drug-likeness (QED) is 0.376. The predicted octanol–water partition coefficient (Wildman–Crippen LogP) is 3.81. The molecule has 0 fully saturated rings. The van der Waals surface area contributed by atoms with E-state index in [0.29, 0.717) is 16.1 Å². The topological polar surface area (TPSA) is 61.2 Å². The average Bonchev–Trinajstić information content (AvgIpc) is 2.68. The van der Waals surface area contributed by atoms with Crippen LogP contribution in [0.5, 0.6) is 0 Å². The number of ether oxygens (including phenoxy) is 1. The highest BCUT2D eigenvalue weighted by molar-refractivity contribution is 7.99. The summed E-state index contributed by atoms with van der Waals surface area (Å²) >= 11 is 1.51. The Morgan fingerprint density at radius 2 is 1.85 bits per heavy atom. The minimum atomic E-state index is -0.350. The highest BCUT2D eigenvalue weighted by atomic mass is 32.2. The summed E-state index contributed by atoms with van der Waals surface area (Å²) in [7, 11) is 1.34. The van der Waals surface area contributed by atoms with Crippen molar-refractivity contribution in [3.8, 4) is 0 Å². The number of methoxy groups -OCH3 is 1. The van der Waals surface area contributed by atoms with Crippen LogP contribution in [0.15, 0.2) is 64.5 Å². The second kappa shape index (κ2) is 8.19. The number of carbonyl (C=O) groups excluding carboxylic acids is 1. The Morgan fingerprint density at radius 3 is 2.58 bits per heavy atom. The van der Waals surface area contributed by atoms with Gasteiger partial charge in [0.15, 0.2) is 5.16 Å². The molecule has 3 rings (SSSR count). The summed E-state index contributed by atoms with van der Waals surface area (Å²) in [6, 6.07) is 17.3. The van der Waals surface area contributed by atoms with Crippen molar-refractivity contribution in [1.29, 1.82) is 0 Å². The van der Waals surface area contributed by atoms with Gasteiger partial charge in [-0.1, -0.05) is 54.2 Å². The molecule has 0 spiro atoms. The van der Waals surface area contributed by atoms with Crippen LogP contribution in [-0.4, -0.2) is 22.6 Å². The normalized spacial score (nSPS) is 12.1. The SMILES string of the molecule is COC(=O)CCn1c(S[C@@H](C)c2ccccc2)nc2ccccc2c1=O. The number of hydrogen-bond acceptors (Lipinski definition) is 5. The number of hydrogen-bond donors (Lipinski definition) is 0. The number of rotatable bonds is 6. The molecule has 1 aromatic heterocycles. The lowest BCUT2D eigenvalue weighted by atomic mass is 10.2. The summed E-state index contributed by atoms with van der Waals surface area (Å²) in [6.45, 7) is 2.32. The summed E-state index contributed by atoms with van der Waals surface area (Å²) in [4.78, 5) is 29.2. The van der Waals surface area contributed by atoms with E-state index in [0.717, 1.165) is 5.56 Å². The minimum Gasteiger partial charge on any atom is -0.469 e. The summed E-state index contributed by atoms with van der Waals surface area (Å²) in [6.07, 6.45) is 0.129. The molecule has 0 N–H and O–H groups in total. The Balaban J connectivity index is 2.01. The van der Waals surface area contributed by atoms with E-state index in [1.165, 1.54) is 18.9 Å². The van der Waals surface area contributed by atoms with Crippen molar-refractivity contribution >= 4 is 28.6 Å². The maximum absolute atomic E-state index is 12.9. The van der Waals surface area contributed by atoms with Crippen LogP contribution in [0.1, 0.15) is 24.2 Å². The van der Waals surface area contributed by atoms with E-state index in [4.69, 9.17) is 4.74 Å². The molecule has 0 saturated carbocycles. The molecule has 26 heavy (non-hydrogen) atoms. The van der Waals surface area contributed by atoms with Crippen LogP contribution in [0, 0.1) is 0 Å². The van der Waals surface area contributed by atoms with Gasteiger partial charge in [-0.3, -0.25) is 14.2 Å². The van der Waals surface area contributed by atoms with Crippen molar-refractivity contribution < 1.29 is 9.53 Å². The molecule has 5 nitrogen and oxygen atoms in total. The molecular weight excluding hydrogens is 348 g/mol. The van der Waals surface area contributed by atoms with Gasteiger partial charge in [-0.05, 0) is 24.6 Å². The fraction of sp³-hybridized carbons (Fsp3) is 0.250. The first-order chi connectivity index (χ1) is 12.6. The lowest BCUT2D eigenvalue weighted by Gasteiger charge is -2.16. The molecule has 0 radical (unpaired) electrons. The second-order valence-corrected chi connectivity index (χ2v) is 7.17. The zero-order valence-electron chi connectivity index (χ0n) is 14.7. The summed E-state index contributed by atoms with van der Waals surface area (Å²) in [5.74, 6) is -0.350. The molecule has 0 saturated heterocycles. The van der Waals surface area contributed by atoms with Crippen LogP contribution in [0.25, 0.3) is 10.9 Å². The molecule has 1 heterocycles. The molecule has 3 aromatic rings. The number of nitrogens with zero attached hydrogens (tertiary/aromatic N) is 2. The number of aromatic nitrogens is 2. The molecule has 0 aliphatic carbocycles. The highest BCUT2D eigenvalue weighted by Crippen LogP contribution is 2.33. The van der Waals surface area contributed by atoms with Gasteiger partial charge in [-0.15, -0.1) is 0 Å². The van der Waals surface area contributed by atoms with Gasteiger partial charge >= 0.3 is 5.97 Å². The molecule has 0 bridgehead atoms. The second-order valence-electron chi connectivity index (χ2n) is 5.87. The number of fused-ring (bicyclic) bond motifs is 1. The molecule has 0 aliphatic heterocycles. The van der Waals surface area contributed by atoms with Crippen molar-refractivity contribution in [3.05, 3.63) is 70.5 Å². The van der Waals surface area contributed by atoms with Gasteiger partial charge < -0.3 is 4.74 Å². The van der Waals surface area contributed by atoms with E-state index < -0.39 is 0 Å². The van der Waals surface area contributed by atoms with E-state index >= 15 is 0 Å². The molecule has 0 unspecified atom stereocenters. The molecule has 134 valence electrons. The Hall–Kier alpha value is -2.60. The fourth-order valence-corrected chi connectivity index (χ4v) is 3.75. The Bertz CT molecular complexity index is 970. The van der Waals surface area contributed by atoms with Crippen LogP contribution < -0.4 is 5.56 Å². The highest BCUT2D eigenvalue weighted by Gasteiger charge is 2.16. The van der Waals surface area contributed by atoms with Crippen LogP contribution in [0.3, 0.4) is 0 Å². The van der Waals surface area contributed by atoms with Crippen molar-refractivity contribution in [2.24, 2.45) is 0 Å². The van der Waals surface area contributed by atoms with Gasteiger partial charge in [-0.25, -0.2) is 4.98 Å². The molecule has 1 atom stereocenters. The predicted molar refractivity (Wildman–Crippen MR) is 103 cm³/mol. The monoisotopic (exact) mass is 368 g/mol. The standard InChI is InChI=1S/C20H20N2O3S/c1-14(15-8-4-3-5-9-15)26-20-21-17-11-7-6-10-16(17)19(24)22(20)13-12-18(23)25-2/h3-11,14H,12-13H2,1-2H3/t14-/m0/s1. The van der Waals surface area contributed by atoms with E-state index in [-0.39, 0.29) is 29.7 Å². The number of esters is 1. The van der Waals surface area contributed by atoms with Crippen molar-refractivity contribution in [2.45, 2.75) is 30.3 Å². The summed E-state index contributed by atoms with van der Waals surface area (Å²) in [5, 5.41) is 1.27. The molecule has 2 aromatic carbocycles. The van der Waals surface area contributed by atoms with Crippen LogP contribution in [-0.2, 0) is 16.1 Å². The first-order valence-corrected chi connectivity index (χ1v) is 9.26. The van der Waals surface area contributed by atoms with Gasteiger partial charge in [-0.2, -0.15) is 0 Å². The molecule has 0 aliphatic rings. The third-order valence-electron chi connectivity index (χ3n) is 4.14. The van der Waals surface area contributed by atoms with Gasteiger partial charge in [0.2, 0.25) is 0 Å². The molecule has 0 amide bonds. The van der Waals surface area contributed by atoms with Gasteiger partial charge in [0.05, 0.1) is 24.4 Å². The van der Waals surface area contributed by atoms with Gasteiger partial charge in [0.1, 0.15) is 0 Å². The zero-order valence-corrected chi connectivity index (χ0v) is 15.5. The first-order valence-electron chi connectivity index (χ1n) is 8.38. The average molecular weight is 368 g/mol. The lowest BCUT2D eigenvalue weighted by Crippen LogP contribution is -2.25. The number of thioether (sulfide) groups is 1. The van der Waals surface area contributed by atoms with Crippen molar-refractivity contribution in [3.63, 3.8) is 0 Å². The maximum Gasteiger partial charge on any atom is 0.307 e. The van der Waals surface area contributed by atoms with E-state index in [2.05, 4.69) is 24.0 Å². The Kier molecular flexibility index (Phi) is 5.73. The van der Waals surface area contributed by atoms with Gasteiger partial charge in [0, 0.05) is 11.8 Å². The Morgan fingerprint density at radius 1 is 1.15 bits per heavy atom. The van der Waals surface area contributed by atoms with Crippen molar-refractivity contribution in [2.75, 3.05) is 7.11 Å². The molecular formula is C20H20N2O3S. The number of carbonyl (C=O) groups is 1. The smallest absolute Gasteiger partial charge is 0.307 e. The van der Waals surface area contributed by atoms with Gasteiger partial charge in [0.25, 0.3) is 5.56 Å². The van der Waals surface area contributed by atoms with Crippen LogP contribution in [0.4, 0.5) is 0 Å². The van der Waals surface area contributed by atoms with Crippen molar-refractivity contribution in [1.82, 2.24) is 9.55 Å². The lowest BCUT2D eigenvalue weighted by molar-refractivity contribution is -0.140. The molecule has 6 heteroatoms. The van der Waals surface area contributed by atoms with Crippen LogP contribution >= 0.6 is 11.8 Å². The third kappa shape index (κ3) is 3.96. The zero-order chi connectivity index (χ0) is 18.5. The van der Waals surface area contributed by atoms with E-state index in [9.17, 15) is 9.59 Å². The number of benzene rings is 2.